The first-order valence-corrected chi connectivity index (χ1v) is 5.76. The average molecular weight is 241 g/mol. The number of rotatable bonds is 3. The minimum absolute atomic E-state index is 0.370. The van der Waals surface area contributed by atoms with Crippen LogP contribution in [0.25, 0.3) is 0 Å². The van der Waals surface area contributed by atoms with Crippen molar-refractivity contribution in [2.24, 2.45) is 0 Å². The summed E-state index contributed by atoms with van der Waals surface area (Å²) in [5.41, 5.74) is 1.20. The van der Waals surface area contributed by atoms with Crippen LogP contribution in [0.15, 0.2) is 24.3 Å². The van der Waals surface area contributed by atoms with E-state index in [2.05, 4.69) is 10.2 Å². The maximum absolute atomic E-state index is 5.62. The minimum Gasteiger partial charge on any atom is -0.430 e. The van der Waals surface area contributed by atoms with Crippen molar-refractivity contribution in [3.63, 3.8) is 0 Å². The minimum atomic E-state index is 0.370. The summed E-state index contributed by atoms with van der Waals surface area (Å²) in [6.45, 7) is 2.03. The van der Waals surface area contributed by atoms with E-state index in [0.29, 0.717) is 11.1 Å². The second kappa shape index (κ2) is 4.59. The fourth-order valence-corrected chi connectivity index (χ4v) is 1.82. The molecule has 0 amide bonds. The highest BCUT2D eigenvalue weighted by molar-refractivity contribution is 7.13. The van der Waals surface area contributed by atoms with E-state index in [-0.39, 0.29) is 0 Å². The van der Waals surface area contributed by atoms with Gasteiger partial charge < -0.3 is 4.74 Å². The second-order valence-corrected chi connectivity index (χ2v) is 4.30. The van der Waals surface area contributed by atoms with Gasteiger partial charge in [-0.25, -0.2) is 0 Å². The fourth-order valence-electron chi connectivity index (χ4n) is 1.04. The van der Waals surface area contributed by atoms with Crippen molar-refractivity contribution < 1.29 is 4.74 Å². The van der Waals surface area contributed by atoms with Gasteiger partial charge in [-0.05, 0) is 19.1 Å². The molecule has 15 heavy (non-hydrogen) atoms. The number of aryl methyl sites for hydroxylation is 1. The van der Waals surface area contributed by atoms with E-state index in [1.54, 1.807) is 0 Å². The van der Waals surface area contributed by atoms with Crippen LogP contribution in [0, 0.1) is 6.92 Å². The topological polar surface area (TPSA) is 35.0 Å². The predicted molar refractivity (Wildman–Crippen MR) is 60.7 cm³/mol. The van der Waals surface area contributed by atoms with Crippen LogP contribution in [0.5, 0.6) is 10.9 Å². The SMILES string of the molecule is Cc1ccc(Oc2nnc(CCl)s2)cc1. The van der Waals surface area contributed by atoms with Gasteiger partial charge in [0, 0.05) is 0 Å². The lowest BCUT2D eigenvalue weighted by atomic mass is 10.2. The molecule has 3 nitrogen and oxygen atoms in total. The molecule has 0 aliphatic rings. The van der Waals surface area contributed by atoms with Crippen molar-refractivity contribution in [1.29, 1.82) is 0 Å². The summed E-state index contributed by atoms with van der Waals surface area (Å²) in [7, 11) is 0. The highest BCUT2D eigenvalue weighted by Crippen LogP contribution is 2.25. The third kappa shape index (κ3) is 2.67. The molecule has 2 rings (SSSR count). The van der Waals surface area contributed by atoms with Crippen LogP contribution in [-0.4, -0.2) is 10.2 Å². The Morgan fingerprint density at radius 3 is 2.60 bits per heavy atom. The number of alkyl halides is 1. The maximum Gasteiger partial charge on any atom is 0.299 e. The predicted octanol–water partition coefficient (Wildman–Crippen LogP) is 3.38. The van der Waals surface area contributed by atoms with Crippen LogP contribution in [0.3, 0.4) is 0 Å². The molecule has 78 valence electrons. The lowest BCUT2D eigenvalue weighted by Crippen LogP contribution is -1.83. The molecule has 5 heteroatoms. The van der Waals surface area contributed by atoms with Gasteiger partial charge in [-0.15, -0.1) is 16.7 Å². The van der Waals surface area contributed by atoms with Gasteiger partial charge in [0.2, 0.25) is 0 Å². The Hall–Kier alpha value is -1.13. The Balaban J connectivity index is 2.11. The zero-order chi connectivity index (χ0) is 10.7. The number of aromatic nitrogens is 2. The summed E-state index contributed by atoms with van der Waals surface area (Å²) in [4.78, 5) is 0. The number of ether oxygens (including phenoxy) is 1. The van der Waals surface area contributed by atoms with E-state index in [1.807, 2.05) is 31.2 Å². The van der Waals surface area contributed by atoms with E-state index in [0.717, 1.165) is 10.8 Å². The van der Waals surface area contributed by atoms with Gasteiger partial charge in [0.25, 0.3) is 5.19 Å². The van der Waals surface area contributed by atoms with Gasteiger partial charge in [-0.2, -0.15) is 0 Å². The molecule has 1 aromatic carbocycles. The summed E-state index contributed by atoms with van der Waals surface area (Å²) in [6, 6.07) is 7.77. The third-order valence-corrected chi connectivity index (χ3v) is 3.00. The van der Waals surface area contributed by atoms with E-state index in [4.69, 9.17) is 16.3 Å². The molecule has 0 bridgehead atoms. The summed E-state index contributed by atoms with van der Waals surface area (Å²) < 4.78 is 5.50. The van der Waals surface area contributed by atoms with Crippen molar-refractivity contribution in [3.05, 3.63) is 34.8 Å². The number of hydrogen-bond acceptors (Lipinski definition) is 4. The lowest BCUT2D eigenvalue weighted by Gasteiger charge is -2.00. The molecule has 1 aromatic heterocycles. The summed E-state index contributed by atoms with van der Waals surface area (Å²) >= 11 is 6.97. The van der Waals surface area contributed by atoms with Crippen molar-refractivity contribution in [3.8, 4) is 10.9 Å². The van der Waals surface area contributed by atoms with Crippen LogP contribution >= 0.6 is 22.9 Å². The van der Waals surface area contributed by atoms with Crippen molar-refractivity contribution in [2.45, 2.75) is 12.8 Å². The molecular weight excluding hydrogens is 232 g/mol. The number of hydrogen-bond donors (Lipinski definition) is 0. The molecule has 1 heterocycles. The van der Waals surface area contributed by atoms with Gasteiger partial charge in [0.05, 0.1) is 5.88 Å². The first kappa shape index (κ1) is 10.4. The lowest BCUT2D eigenvalue weighted by molar-refractivity contribution is 0.473. The van der Waals surface area contributed by atoms with Crippen molar-refractivity contribution in [2.75, 3.05) is 0 Å². The normalized spacial score (nSPS) is 10.3. The van der Waals surface area contributed by atoms with Gasteiger partial charge in [-0.1, -0.05) is 34.1 Å². The number of benzene rings is 1. The molecule has 0 aliphatic carbocycles. The monoisotopic (exact) mass is 240 g/mol. The Morgan fingerprint density at radius 2 is 2.00 bits per heavy atom. The van der Waals surface area contributed by atoms with E-state index < -0.39 is 0 Å². The molecule has 0 atom stereocenters. The Kier molecular flexibility index (Phi) is 3.18. The fraction of sp³-hybridized carbons (Fsp3) is 0.200. The quantitative estimate of drug-likeness (QED) is 0.772. The zero-order valence-corrected chi connectivity index (χ0v) is 9.68. The Bertz CT molecular complexity index is 441. The Labute approximate surface area is 96.7 Å². The van der Waals surface area contributed by atoms with Crippen LogP contribution in [0.4, 0.5) is 0 Å². The number of nitrogens with zero attached hydrogens (tertiary/aromatic N) is 2. The van der Waals surface area contributed by atoms with Crippen molar-refractivity contribution >= 4 is 22.9 Å². The van der Waals surface area contributed by atoms with Gasteiger partial charge in [0.1, 0.15) is 10.8 Å². The molecule has 0 N–H and O–H groups in total. The molecule has 0 radical (unpaired) electrons. The molecule has 0 aliphatic heterocycles. The van der Waals surface area contributed by atoms with Crippen LogP contribution in [0.1, 0.15) is 10.6 Å². The molecule has 0 saturated heterocycles. The van der Waals surface area contributed by atoms with Gasteiger partial charge in [-0.3, -0.25) is 0 Å². The molecule has 0 spiro atoms. The second-order valence-electron chi connectivity index (χ2n) is 3.01. The first-order chi connectivity index (χ1) is 7.28. The van der Waals surface area contributed by atoms with Crippen LogP contribution in [-0.2, 0) is 5.88 Å². The van der Waals surface area contributed by atoms with Gasteiger partial charge >= 0.3 is 0 Å². The highest BCUT2D eigenvalue weighted by Gasteiger charge is 2.04. The van der Waals surface area contributed by atoms with E-state index >= 15 is 0 Å². The maximum atomic E-state index is 5.62. The summed E-state index contributed by atoms with van der Waals surface area (Å²) in [5.74, 6) is 1.13. The summed E-state index contributed by atoms with van der Waals surface area (Å²) in [5, 5.41) is 9.01. The Morgan fingerprint density at radius 1 is 1.27 bits per heavy atom. The molecule has 0 fully saturated rings. The van der Waals surface area contributed by atoms with Crippen molar-refractivity contribution in [1.82, 2.24) is 10.2 Å². The van der Waals surface area contributed by atoms with E-state index in [9.17, 15) is 0 Å². The molecule has 0 saturated carbocycles. The van der Waals surface area contributed by atoms with Crippen LogP contribution < -0.4 is 4.74 Å². The average Bonchev–Trinajstić information content (AvgIpc) is 2.69. The standard InChI is InChI=1S/C10H9ClN2OS/c1-7-2-4-8(5-3-7)14-10-13-12-9(6-11)15-10/h2-5H,6H2,1H3. The first-order valence-electron chi connectivity index (χ1n) is 4.41. The zero-order valence-electron chi connectivity index (χ0n) is 8.11. The molecule has 2 aromatic rings. The molecule has 0 unspecified atom stereocenters. The third-order valence-electron chi connectivity index (χ3n) is 1.79. The summed E-state index contributed by atoms with van der Waals surface area (Å²) in [6.07, 6.45) is 0. The van der Waals surface area contributed by atoms with E-state index in [1.165, 1.54) is 16.9 Å². The van der Waals surface area contributed by atoms with Crippen LogP contribution in [0.2, 0.25) is 0 Å². The largest absolute Gasteiger partial charge is 0.430 e. The smallest absolute Gasteiger partial charge is 0.299 e. The highest BCUT2D eigenvalue weighted by atomic mass is 35.5. The number of halogens is 1. The molecular formula is C10H9ClN2OS. The van der Waals surface area contributed by atoms with Gasteiger partial charge in [0.15, 0.2) is 0 Å².